The van der Waals surface area contributed by atoms with E-state index in [-0.39, 0.29) is 46.5 Å². The molecule has 6 nitrogen and oxygen atoms in total. The summed E-state index contributed by atoms with van der Waals surface area (Å²) in [6, 6.07) is 11.9. The summed E-state index contributed by atoms with van der Waals surface area (Å²) in [7, 11) is 3.82. The van der Waals surface area contributed by atoms with Crippen molar-refractivity contribution < 1.29 is 48.2 Å². The molecule has 0 radical (unpaired) electrons. The fraction of sp³-hybridized carbons (Fsp3) is 0.136. The molecular formula is C22H17F2N4NaO2. The number of aromatic carboxylic acids is 1. The fourth-order valence-corrected chi connectivity index (χ4v) is 3.35. The van der Waals surface area contributed by atoms with Gasteiger partial charge in [-0.25, -0.2) is 18.3 Å². The first-order valence-electron chi connectivity index (χ1n) is 9.11. The molecule has 152 valence electrons. The molecule has 31 heavy (non-hydrogen) atoms. The Morgan fingerprint density at radius 2 is 1.74 bits per heavy atom. The standard InChI is InChI=1S/C22H18F2N4O2.Na/c1-12-20(16-9-6-14(23)10-17(16)24)21-25-18(11-19(22(29)30)28(21)26-12)13-4-7-15(8-5-13)27(2)3;/h4-11H,1-3H3,(H,29,30);/q;+1/p-1. The second-order valence-corrected chi connectivity index (χ2v) is 7.08. The van der Waals surface area contributed by atoms with Gasteiger partial charge in [0.1, 0.15) is 11.6 Å². The predicted octanol–water partition coefficient (Wildman–Crippen LogP) is 0.0834. The van der Waals surface area contributed by atoms with Gasteiger partial charge in [-0.15, -0.1) is 0 Å². The van der Waals surface area contributed by atoms with Crippen LogP contribution < -0.4 is 39.6 Å². The van der Waals surface area contributed by atoms with Crippen molar-refractivity contribution in [2.75, 3.05) is 19.0 Å². The quantitative estimate of drug-likeness (QED) is 0.429. The first-order chi connectivity index (χ1) is 14.3. The summed E-state index contributed by atoms with van der Waals surface area (Å²) in [6.07, 6.45) is 0. The van der Waals surface area contributed by atoms with E-state index in [9.17, 15) is 18.7 Å². The van der Waals surface area contributed by atoms with E-state index in [2.05, 4.69) is 10.1 Å². The van der Waals surface area contributed by atoms with Gasteiger partial charge in [0, 0.05) is 37.0 Å². The molecule has 0 unspecified atom stereocenters. The van der Waals surface area contributed by atoms with E-state index in [1.807, 2.05) is 43.3 Å². The number of aryl methyl sites for hydroxylation is 1. The zero-order chi connectivity index (χ0) is 21.6. The predicted molar refractivity (Wildman–Crippen MR) is 107 cm³/mol. The molecule has 4 rings (SSSR count). The number of anilines is 1. The number of fused-ring (bicyclic) bond motifs is 1. The van der Waals surface area contributed by atoms with Crippen LogP contribution in [0.4, 0.5) is 14.5 Å². The molecule has 2 aromatic carbocycles. The number of hydrogen-bond donors (Lipinski definition) is 0. The van der Waals surface area contributed by atoms with E-state index in [0.29, 0.717) is 22.5 Å². The van der Waals surface area contributed by atoms with Crippen LogP contribution in [-0.4, -0.2) is 34.7 Å². The number of hydrogen-bond acceptors (Lipinski definition) is 5. The van der Waals surface area contributed by atoms with Crippen LogP contribution in [0, 0.1) is 18.6 Å². The normalized spacial score (nSPS) is 10.7. The van der Waals surface area contributed by atoms with Gasteiger partial charge in [-0.2, -0.15) is 5.10 Å². The molecule has 0 aliphatic rings. The van der Waals surface area contributed by atoms with Crippen LogP contribution in [0.1, 0.15) is 16.2 Å². The minimum Gasteiger partial charge on any atom is -0.543 e. The fourth-order valence-electron chi connectivity index (χ4n) is 3.35. The van der Waals surface area contributed by atoms with Crippen molar-refractivity contribution in [1.29, 1.82) is 0 Å². The van der Waals surface area contributed by atoms with E-state index in [4.69, 9.17) is 0 Å². The Morgan fingerprint density at radius 1 is 1.06 bits per heavy atom. The molecular weight excluding hydrogens is 413 g/mol. The van der Waals surface area contributed by atoms with Gasteiger partial charge in [-0.3, -0.25) is 0 Å². The summed E-state index contributed by atoms with van der Waals surface area (Å²) < 4.78 is 29.0. The molecule has 0 aliphatic heterocycles. The number of carboxylic acids is 1. The van der Waals surface area contributed by atoms with Gasteiger partial charge < -0.3 is 14.8 Å². The van der Waals surface area contributed by atoms with Crippen molar-refractivity contribution in [3.8, 4) is 22.4 Å². The Balaban J connectivity index is 0.00000272. The molecule has 2 heterocycles. The third-order valence-corrected chi connectivity index (χ3v) is 4.85. The molecule has 0 fully saturated rings. The smallest absolute Gasteiger partial charge is 0.543 e. The molecule has 9 heteroatoms. The third-order valence-electron chi connectivity index (χ3n) is 4.85. The van der Waals surface area contributed by atoms with Crippen LogP contribution in [-0.2, 0) is 0 Å². The zero-order valence-corrected chi connectivity index (χ0v) is 19.5. The third kappa shape index (κ3) is 4.19. The number of carboxylic acid groups (broad SMARTS) is 1. The molecule has 0 bridgehead atoms. The van der Waals surface area contributed by atoms with Gasteiger partial charge in [0.2, 0.25) is 0 Å². The molecule has 0 aliphatic carbocycles. The van der Waals surface area contributed by atoms with Gasteiger partial charge in [-0.1, -0.05) is 12.1 Å². The van der Waals surface area contributed by atoms with Crippen LogP contribution in [0.15, 0.2) is 48.5 Å². The first-order valence-corrected chi connectivity index (χ1v) is 9.11. The topological polar surface area (TPSA) is 73.6 Å². The Bertz CT molecular complexity index is 1290. The summed E-state index contributed by atoms with van der Waals surface area (Å²) in [5.74, 6) is -2.94. The summed E-state index contributed by atoms with van der Waals surface area (Å²) in [5, 5.41) is 16.0. The van der Waals surface area contributed by atoms with Gasteiger partial charge in [0.15, 0.2) is 5.65 Å². The maximum atomic E-state index is 14.5. The van der Waals surface area contributed by atoms with Gasteiger partial charge in [-0.05, 0) is 37.3 Å². The average molecular weight is 430 g/mol. The van der Waals surface area contributed by atoms with E-state index in [0.717, 1.165) is 22.3 Å². The van der Waals surface area contributed by atoms with Crippen molar-refractivity contribution in [2.45, 2.75) is 6.92 Å². The molecule has 0 atom stereocenters. The summed E-state index contributed by atoms with van der Waals surface area (Å²) in [5.41, 5.74) is 2.67. The van der Waals surface area contributed by atoms with Gasteiger partial charge >= 0.3 is 29.6 Å². The number of carbonyl (C=O) groups is 1. The molecule has 0 saturated heterocycles. The molecule has 0 spiro atoms. The number of benzene rings is 2. The monoisotopic (exact) mass is 430 g/mol. The van der Waals surface area contributed by atoms with Crippen molar-refractivity contribution in [1.82, 2.24) is 14.6 Å². The molecule has 0 saturated carbocycles. The zero-order valence-electron chi connectivity index (χ0n) is 17.5. The number of halogens is 2. The van der Waals surface area contributed by atoms with Crippen LogP contribution in [0.2, 0.25) is 0 Å². The largest absolute Gasteiger partial charge is 1.00 e. The number of aromatic nitrogens is 3. The van der Waals surface area contributed by atoms with Gasteiger partial charge in [0.05, 0.1) is 28.6 Å². The SMILES string of the molecule is Cc1nn2c(C(=O)[O-])cc(-c3ccc(N(C)C)cc3)nc2c1-c1ccc(F)cc1F.[Na+]. The molecule has 0 amide bonds. The van der Waals surface area contributed by atoms with Crippen LogP contribution >= 0.6 is 0 Å². The van der Waals surface area contributed by atoms with Crippen molar-refractivity contribution >= 4 is 17.3 Å². The average Bonchev–Trinajstić information content (AvgIpc) is 3.03. The van der Waals surface area contributed by atoms with Crippen LogP contribution in [0.25, 0.3) is 28.0 Å². The Hall–Kier alpha value is -2.81. The Labute approximate surface area is 199 Å². The maximum Gasteiger partial charge on any atom is 1.00 e. The molecule has 2 aromatic heterocycles. The van der Waals surface area contributed by atoms with E-state index in [1.54, 1.807) is 6.92 Å². The summed E-state index contributed by atoms with van der Waals surface area (Å²) >= 11 is 0. The van der Waals surface area contributed by atoms with Crippen molar-refractivity contribution in [3.05, 3.63) is 71.6 Å². The Morgan fingerprint density at radius 3 is 2.32 bits per heavy atom. The minimum atomic E-state index is -1.44. The van der Waals surface area contributed by atoms with Crippen molar-refractivity contribution in [2.24, 2.45) is 0 Å². The van der Waals surface area contributed by atoms with E-state index in [1.165, 1.54) is 12.1 Å². The second-order valence-electron chi connectivity index (χ2n) is 7.08. The second kappa shape index (κ2) is 8.74. The summed E-state index contributed by atoms with van der Waals surface area (Å²) in [6.45, 7) is 1.61. The summed E-state index contributed by atoms with van der Waals surface area (Å²) in [4.78, 5) is 18.3. The first kappa shape index (κ1) is 22.9. The number of nitrogens with zero attached hydrogens (tertiary/aromatic N) is 4. The minimum absolute atomic E-state index is 0. The molecule has 0 N–H and O–H groups in total. The van der Waals surface area contributed by atoms with E-state index < -0.39 is 17.6 Å². The van der Waals surface area contributed by atoms with Crippen molar-refractivity contribution in [3.63, 3.8) is 0 Å². The molecule has 4 aromatic rings. The van der Waals surface area contributed by atoms with Gasteiger partial charge in [0.25, 0.3) is 0 Å². The number of carbonyl (C=O) groups excluding carboxylic acids is 1. The van der Waals surface area contributed by atoms with Crippen LogP contribution in [0.3, 0.4) is 0 Å². The maximum absolute atomic E-state index is 14.5. The number of rotatable bonds is 4. The van der Waals surface area contributed by atoms with E-state index >= 15 is 0 Å². The Kier molecular flexibility index (Phi) is 6.45. The van der Waals surface area contributed by atoms with Crippen LogP contribution in [0.5, 0.6) is 0 Å².